The molecule has 0 aromatic rings. The van der Waals surface area contributed by atoms with E-state index in [1.807, 2.05) is 0 Å². The largest absolute Gasteiger partial charge is 0.376 e. The Kier molecular flexibility index (Phi) is 1.66. The number of morpholine rings is 1. The van der Waals surface area contributed by atoms with Crippen LogP contribution in [-0.2, 0) is 4.74 Å². The molecule has 2 saturated heterocycles. The average Bonchev–Trinajstić information content (AvgIpc) is 2.33. The Bertz CT molecular complexity index is 126. The van der Waals surface area contributed by atoms with Gasteiger partial charge >= 0.3 is 0 Å². The summed E-state index contributed by atoms with van der Waals surface area (Å²) in [7, 11) is 0. The lowest BCUT2D eigenvalue weighted by atomic mass is 10.2. The summed E-state index contributed by atoms with van der Waals surface area (Å²) in [5.74, 6) is 0. The first kappa shape index (κ1) is 6.62. The monoisotopic (exact) mass is 141 g/mol. The predicted molar refractivity (Wildman–Crippen MR) is 40.0 cm³/mol. The second-order valence-electron chi connectivity index (χ2n) is 3.43. The van der Waals surface area contributed by atoms with Crippen LogP contribution in [0.25, 0.3) is 0 Å². The minimum absolute atomic E-state index is 0.467. The zero-order valence-corrected chi connectivity index (χ0v) is 6.55. The first-order valence-corrected chi connectivity index (χ1v) is 4.22. The summed E-state index contributed by atoms with van der Waals surface area (Å²) in [5.41, 5.74) is 0. The van der Waals surface area contributed by atoms with Crippen LogP contribution in [0.4, 0.5) is 0 Å². The summed E-state index contributed by atoms with van der Waals surface area (Å²) < 4.78 is 5.55. The topological polar surface area (TPSA) is 12.5 Å². The van der Waals surface area contributed by atoms with Gasteiger partial charge in [-0.2, -0.15) is 0 Å². The van der Waals surface area contributed by atoms with E-state index in [1.54, 1.807) is 0 Å². The molecule has 2 heterocycles. The van der Waals surface area contributed by atoms with Gasteiger partial charge in [0.25, 0.3) is 0 Å². The Labute approximate surface area is 62.2 Å². The highest BCUT2D eigenvalue weighted by atomic mass is 16.5. The smallest absolute Gasteiger partial charge is 0.0674 e. The molecule has 2 heteroatoms. The van der Waals surface area contributed by atoms with Crippen molar-refractivity contribution in [2.75, 3.05) is 19.7 Å². The molecule has 2 atom stereocenters. The zero-order chi connectivity index (χ0) is 6.97. The molecule has 0 radical (unpaired) electrons. The van der Waals surface area contributed by atoms with Gasteiger partial charge in [0.05, 0.1) is 12.7 Å². The molecule has 2 nitrogen and oxygen atoms in total. The molecule has 2 aliphatic rings. The summed E-state index contributed by atoms with van der Waals surface area (Å²) in [6, 6.07) is 0.760. The third-order valence-electron chi connectivity index (χ3n) is 2.56. The minimum atomic E-state index is 0.467. The maximum absolute atomic E-state index is 5.55. The molecule has 0 saturated carbocycles. The standard InChI is InChI=1S/C8H15NO/c1-7-5-9-4-2-3-8(9)6-10-7/h7-8H,2-6H2,1H3/t7?,8-/m0/s1. The van der Waals surface area contributed by atoms with Crippen LogP contribution in [0.5, 0.6) is 0 Å². The molecule has 1 unspecified atom stereocenters. The maximum Gasteiger partial charge on any atom is 0.0674 e. The predicted octanol–water partition coefficient (Wildman–Crippen LogP) is 0.869. The molecule has 0 N–H and O–H groups in total. The van der Waals surface area contributed by atoms with Crippen molar-refractivity contribution in [1.82, 2.24) is 4.90 Å². The quantitative estimate of drug-likeness (QED) is 0.496. The Morgan fingerprint density at radius 2 is 2.40 bits per heavy atom. The summed E-state index contributed by atoms with van der Waals surface area (Å²) in [5, 5.41) is 0. The van der Waals surface area contributed by atoms with Gasteiger partial charge < -0.3 is 4.74 Å². The van der Waals surface area contributed by atoms with Gasteiger partial charge in [0.2, 0.25) is 0 Å². The van der Waals surface area contributed by atoms with Crippen LogP contribution < -0.4 is 0 Å². The van der Waals surface area contributed by atoms with E-state index < -0.39 is 0 Å². The van der Waals surface area contributed by atoms with E-state index in [0.717, 1.165) is 19.2 Å². The van der Waals surface area contributed by atoms with E-state index in [9.17, 15) is 0 Å². The van der Waals surface area contributed by atoms with Gasteiger partial charge in [0.15, 0.2) is 0 Å². The summed E-state index contributed by atoms with van der Waals surface area (Å²) in [6.07, 6.45) is 3.20. The van der Waals surface area contributed by atoms with Gasteiger partial charge in [-0.1, -0.05) is 0 Å². The highest BCUT2D eigenvalue weighted by Gasteiger charge is 2.29. The Morgan fingerprint density at radius 1 is 1.50 bits per heavy atom. The molecule has 2 aliphatic heterocycles. The molecule has 0 spiro atoms. The van der Waals surface area contributed by atoms with Gasteiger partial charge in [-0.15, -0.1) is 0 Å². The van der Waals surface area contributed by atoms with E-state index in [-0.39, 0.29) is 0 Å². The minimum Gasteiger partial charge on any atom is -0.376 e. The molecule has 58 valence electrons. The van der Waals surface area contributed by atoms with Crippen molar-refractivity contribution in [3.8, 4) is 0 Å². The van der Waals surface area contributed by atoms with Gasteiger partial charge in [-0.3, -0.25) is 4.90 Å². The van der Waals surface area contributed by atoms with E-state index in [4.69, 9.17) is 4.74 Å². The molecule has 0 aliphatic carbocycles. The molecule has 0 aromatic heterocycles. The fourth-order valence-electron chi connectivity index (χ4n) is 1.98. The molecule has 0 bridgehead atoms. The highest BCUT2D eigenvalue weighted by Crippen LogP contribution is 2.21. The fourth-order valence-corrected chi connectivity index (χ4v) is 1.98. The van der Waals surface area contributed by atoms with Crippen molar-refractivity contribution < 1.29 is 4.74 Å². The summed E-state index contributed by atoms with van der Waals surface area (Å²) in [6.45, 7) is 5.60. The highest BCUT2D eigenvalue weighted by molar-refractivity contribution is 4.83. The van der Waals surface area contributed by atoms with Crippen molar-refractivity contribution in [2.45, 2.75) is 31.9 Å². The summed E-state index contributed by atoms with van der Waals surface area (Å²) >= 11 is 0. The Morgan fingerprint density at radius 3 is 3.30 bits per heavy atom. The second-order valence-corrected chi connectivity index (χ2v) is 3.43. The van der Waals surface area contributed by atoms with Gasteiger partial charge in [0, 0.05) is 12.6 Å². The van der Waals surface area contributed by atoms with Crippen molar-refractivity contribution in [3.05, 3.63) is 0 Å². The van der Waals surface area contributed by atoms with Crippen LogP contribution in [0.2, 0.25) is 0 Å². The van der Waals surface area contributed by atoms with E-state index in [2.05, 4.69) is 11.8 Å². The van der Waals surface area contributed by atoms with E-state index in [1.165, 1.54) is 19.4 Å². The zero-order valence-electron chi connectivity index (χ0n) is 6.55. The van der Waals surface area contributed by atoms with Crippen molar-refractivity contribution in [3.63, 3.8) is 0 Å². The number of fused-ring (bicyclic) bond motifs is 1. The molecular formula is C8H15NO. The van der Waals surface area contributed by atoms with Gasteiger partial charge in [-0.05, 0) is 26.3 Å². The van der Waals surface area contributed by atoms with Gasteiger partial charge in [0.1, 0.15) is 0 Å². The van der Waals surface area contributed by atoms with Crippen LogP contribution in [0.15, 0.2) is 0 Å². The lowest BCUT2D eigenvalue weighted by molar-refractivity contribution is -0.0389. The SMILES string of the molecule is CC1CN2CCC[C@H]2CO1. The lowest BCUT2D eigenvalue weighted by Gasteiger charge is -2.33. The van der Waals surface area contributed by atoms with Crippen molar-refractivity contribution >= 4 is 0 Å². The Hall–Kier alpha value is -0.0800. The van der Waals surface area contributed by atoms with E-state index >= 15 is 0 Å². The van der Waals surface area contributed by atoms with Crippen LogP contribution in [0.3, 0.4) is 0 Å². The number of rotatable bonds is 0. The van der Waals surface area contributed by atoms with E-state index in [0.29, 0.717) is 6.10 Å². The number of hydrogen-bond acceptors (Lipinski definition) is 2. The lowest BCUT2D eigenvalue weighted by Crippen LogP contribution is -2.44. The van der Waals surface area contributed by atoms with Crippen LogP contribution in [0.1, 0.15) is 19.8 Å². The number of ether oxygens (including phenoxy) is 1. The third-order valence-corrected chi connectivity index (χ3v) is 2.56. The molecule has 0 amide bonds. The number of nitrogens with zero attached hydrogens (tertiary/aromatic N) is 1. The molecular weight excluding hydrogens is 126 g/mol. The molecule has 0 aromatic carbocycles. The fraction of sp³-hybridized carbons (Fsp3) is 1.00. The van der Waals surface area contributed by atoms with Crippen LogP contribution >= 0.6 is 0 Å². The first-order chi connectivity index (χ1) is 4.86. The first-order valence-electron chi connectivity index (χ1n) is 4.22. The maximum atomic E-state index is 5.55. The molecule has 2 fully saturated rings. The number of hydrogen-bond donors (Lipinski definition) is 0. The summed E-state index contributed by atoms with van der Waals surface area (Å²) in [4.78, 5) is 2.56. The molecule has 2 rings (SSSR count). The second kappa shape index (κ2) is 2.51. The third kappa shape index (κ3) is 1.06. The van der Waals surface area contributed by atoms with Crippen LogP contribution in [-0.4, -0.2) is 36.7 Å². The van der Waals surface area contributed by atoms with Crippen LogP contribution in [0, 0.1) is 0 Å². The Balaban J connectivity index is 1.96. The average molecular weight is 141 g/mol. The van der Waals surface area contributed by atoms with Gasteiger partial charge in [-0.25, -0.2) is 0 Å². The normalized spacial score (nSPS) is 41.7. The van der Waals surface area contributed by atoms with Crippen molar-refractivity contribution in [2.24, 2.45) is 0 Å². The van der Waals surface area contributed by atoms with Crippen molar-refractivity contribution in [1.29, 1.82) is 0 Å². The molecule has 10 heavy (non-hydrogen) atoms.